The summed E-state index contributed by atoms with van der Waals surface area (Å²) in [5.74, 6) is -0.0785. The minimum absolute atomic E-state index is 0.0209. The average molecular weight is 434 g/mol. The van der Waals surface area contributed by atoms with Crippen LogP contribution in [0.1, 0.15) is 27.7 Å². The number of benzene rings is 1. The molecule has 0 saturated carbocycles. The van der Waals surface area contributed by atoms with Gasteiger partial charge in [-0.05, 0) is 45.4 Å². The van der Waals surface area contributed by atoms with Crippen LogP contribution in [0, 0.1) is 5.82 Å². The van der Waals surface area contributed by atoms with E-state index in [0.717, 1.165) is 11.1 Å². The van der Waals surface area contributed by atoms with Gasteiger partial charge >= 0.3 is 0 Å². The Morgan fingerprint density at radius 2 is 1.83 bits per heavy atom. The third-order valence-electron chi connectivity index (χ3n) is 4.65. The minimum atomic E-state index is -0.320. The summed E-state index contributed by atoms with van der Waals surface area (Å²) in [6, 6.07) is 6.29. The summed E-state index contributed by atoms with van der Waals surface area (Å²) < 4.78 is 14.7. The molecule has 0 aliphatic carbocycles. The lowest BCUT2D eigenvalue weighted by Crippen LogP contribution is -2.43. The maximum Gasteiger partial charge on any atom is 0.263 e. The molecule has 3 aromatic rings. The predicted octanol–water partition coefficient (Wildman–Crippen LogP) is 4.54. The molecular formula is C21H24FN3O2S2. The van der Waals surface area contributed by atoms with Gasteiger partial charge in [-0.25, -0.2) is 9.37 Å². The van der Waals surface area contributed by atoms with E-state index in [0.29, 0.717) is 15.4 Å². The van der Waals surface area contributed by atoms with Crippen molar-refractivity contribution in [3.63, 3.8) is 0 Å². The Morgan fingerprint density at radius 3 is 2.41 bits per heavy atom. The van der Waals surface area contributed by atoms with Gasteiger partial charge in [-0.2, -0.15) is 0 Å². The van der Waals surface area contributed by atoms with Crippen molar-refractivity contribution in [3.8, 4) is 11.1 Å². The van der Waals surface area contributed by atoms with E-state index >= 15 is 0 Å². The van der Waals surface area contributed by atoms with E-state index in [2.05, 4.69) is 4.98 Å². The fourth-order valence-corrected chi connectivity index (χ4v) is 5.23. The highest BCUT2D eigenvalue weighted by atomic mass is 32.2. The second-order valence-corrected chi connectivity index (χ2v) is 9.17. The van der Waals surface area contributed by atoms with E-state index in [1.807, 2.05) is 38.0 Å². The third-order valence-corrected chi connectivity index (χ3v) is 6.54. The van der Waals surface area contributed by atoms with Gasteiger partial charge in [0, 0.05) is 30.1 Å². The summed E-state index contributed by atoms with van der Waals surface area (Å²) in [7, 11) is 1.66. The standard InChI is InChI=1S/C21H24FN3O2S2/c1-12(2)25(13(3)4)17(26)11-29-21-23-19-18(20(27)24(21)5)16(10-28-19)14-6-8-15(22)9-7-14/h6-10,12-13H,11H2,1-5H3. The lowest BCUT2D eigenvalue weighted by Gasteiger charge is -2.30. The molecule has 3 rings (SSSR count). The van der Waals surface area contributed by atoms with Gasteiger partial charge in [0.2, 0.25) is 5.91 Å². The maximum absolute atomic E-state index is 13.2. The average Bonchev–Trinajstić information content (AvgIpc) is 3.07. The first-order valence-electron chi connectivity index (χ1n) is 9.38. The number of amides is 1. The largest absolute Gasteiger partial charge is 0.337 e. The summed E-state index contributed by atoms with van der Waals surface area (Å²) in [5.41, 5.74) is 1.35. The Balaban J connectivity index is 1.92. The Hall–Kier alpha value is -2.19. The topological polar surface area (TPSA) is 55.2 Å². The molecule has 8 heteroatoms. The van der Waals surface area contributed by atoms with Gasteiger partial charge in [0.05, 0.1) is 11.1 Å². The lowest BCUT2D eigenvalue weighted by molar-refractivity contribution is -0.131. The Bertz CT molecular complexity index is 1080. The summed E-state index contributed by atoms with van der Waals surface area (Å²) >= 11 is 2.65. The monoisotopic (exact) mass is 433 g/mol. The van der Waals surface area contributed by atoms with Crippen LogP contribution in [-0.4, -0.2) is 38.2 Å². The van der Waals surface area contributed by atoms with Crippen LogP contribution in [-0.2, 0) is 11.8 Å². The van der Waals surface area contributed by atoms with Crippen LogP contribution in [0.3, 0.4) is 0 Å². The molecule has 5 nitrogen and oxygen atoms in total. The van der Waals surface area contributed by atoms with Crippen LogP contribution in [0.15, 0.2) is 39.6 Å². The zero-order valence-electron chi connectivity index (χ0n) is 17.1. The Labute approximate surface area is 177 Å². The normalized spacial score (nSPS) is 11.6. The second kappa shape index (κ2) is 8.67. The first-order chi connectivity index (χ1) is 13.7. The van der Waals surface area contributed by atoms with Gasteiger partial charge in [-0.3, -0.25) is 14.2 Å². The van der Waals surface area contributed by atoms with Gasteiger partial charge < -0.3 is 4.90 Å². The van der Waals surface area contributed by atoms with Crippen LogP contribution in [0.4, 0.5) is 4.39 Å². The number of thiophene rings is 1. The van der Waals surface area contributed by atoms with Crippen molar-refractivity contribution >= 4 is 39.2 Å². The van der Waals surface area contributed by atoms with E-state index in [9.17, 15) is 14.0 Å². The van der Waals surface area contributed by atoms with Crippen LogP contribution < -0.4 is 5.56 Å². The first-order valence-corrected chi connectivity index (χ1v) is 11.2. The Kier molecular flexibility index (Phi) is 6.43. The molecule has 0 atom stereocenters. The van der Waals surface area contributed by atoms with Crippen molar-refractivity contribution in [2.45, 2.75) is 44.9 Å². The van der Waals surface area contributed by atoms with Gasteiger partial charge in [0.25, 0.3) is 5.56 Å². The number of thioether (sulfide) groups is 1. The molecule has 0 saturated heterocycles. The van der Waals surface area contributed by atoms with Crippen molar-refractivity contribution in [2.75, 3.05) is 5.75 Å². The number of hydrogen-bond donors (Lipinski definition) is 0. The van der Waals surface area contributed by atoms with Gasteiger partial charge in [0.15, 0.2) is 5.16 Å². The van der Waals surface area contributed by atoms with Crippen LogP contribution in [0.5, 0.6) is 0 Å². The predicted molar refractivity (Wildman–Crippen MR) is 118 cm³/mol. The summed E-state index contributed by atoms with van der Waals surface area (Å²) in [6.45, 7) is 7.97. The van der Waals surface area contributed by atoms with Crippen molar-refractivity contribution in [3.05, 3.63) is 45.8 Å². The number of rotatable bonds is 6. The molecule has 0 aliphatic rings. The molecule has 154 valence electrons. The number of aromatic nitrogens is 2. The minimum Gasteiger partial charge on any atom is -0.337 e. The zero-order valence-corrected chi connectivity index (χ0v) is 18.7. The third kappa shape index (κ3) is 4.38. The number of carbonyl (C=O) groups excluding carboxylic acids is 1. The number of fused-ring (bicyclic) bond motifs is 1. The van der Waals surface area contributed by atoms with Gasteiger partial charge in [-0.1, -0.05) is 23.9 Å². The number of carbonyl (C=O) groups is 1. The molecule has 1 amide bonds. The smallest absolute Gasteiger partial charge is 0.263 e. The molecule has 1 aromatic carbocycles. The molecule has 29 heavy (non-hydrogen) atoms. The van der Waals surface area contributed by atoms with Crippen molar-refractivity contribution in [2.24, 2.45) is 7.05 Å². The molecule has 0 N–H and O–H groups in total. The Morgan fingerprint density at radius 1 is 1.21 bits per heavy atom. The van der Waals surface area contributed by atoms with Gasteiger partial charge in [-0.15, -0.1) is 11.3 Å². The molecule has 2 aromatic heterocycles. The van der Waals surface area contributed by atoms with Crippen LogP contribution in [0.25, 0.3) is 21.3 Å². The molecule has 0 aliphatic heterocycles. The molecule has 0 bridgehead atoms. The van der Waals surface area contributed by atoms with E-state index in [1.54, 1.807) is 19.2 Å². The van der Waals surface area contributed by atoms with E-state index < -0.39 is 0 Å². The fraction of sp³-hybridized carbons (Fsp3) is 0.381. The maximum atomic E-state index is 13.2. The molecule has 0 unspecified atom stereocenters. The molecule has 0 fully saturated rings. The summed E-state index contributed by atoms with van der Waals surface area (Å²) in [6.07, 6.45) is 0. The van der Waals surface area contributed by atoms with Crippen molar-refractivity contribution < 1.29 is 9.18 Å². The summed E-state index contributed by atoms with van der Waals surface area (Å²) in [5, 5.41) is 2.90. The van der Waals surface area contributed by atoms with E-state index in [4.69, 9.17) is 0 Å². The van der Waals surface area contributed by atoms with E-state index in [-0.39, 0.29) is 35.1 Å². The fourth-order valence-electron chi connectivity index (χ4n) is 3.40. The molecule has 0 spiro atoms. The SMILES string of the molecule is CC(C)N(C(=O)CSc1nc2scc(-c3ccc(F)cc3)c2c(=O)n1C)C(C)C. The van der Waals surface area contributed by atoms with Crippen LogP contribution >= 0.6 is 23.1 Å². The van der Waals surface area contributed by atoms with Crippen molar-refractivity contribution in [1.29, 1.82) is 0 Å². The van der Waals surface area contributed by atoms with Gasteiger partial charge in [0.1, 0.15) is 10.6 Å². The summed E-state index contributed by atoms with van der Waals surface area (Å²) in [4.78, 5) is 32.7. The second-order valence-electron chi connectivity index (χ2n) is 7.37. The highest BCUT2D eigenvalue weighted by Crippen LogP contribution is 2.32. The quantitative estimate of drug-likeness (QED) is 0.423. The lowest BCUT2D eigenvalue weighted by atomic mass is 10.1. The highest BCUT2D eigenvalue weighted by Gasteiger charge is 2.22. The van der Waals surface area contributed by atoms with E-state index in [1.165, 1.54) is 39.8 Å². The number of hydrogen-bond acceptors (Lipinski definition) is 5. The number of nitrogens with zero attached hydrogens (tertiary/aromatic N) is 3. The highest BCUT2D eigenvalue weighted by molar-refractivity contribution is 7.99. The zero-order chi connectivity index (χ0) is 21.3. The van der Waals surface area contributed by atoms with Crippen LogP contribution in [0.2, 0.25) is 0 Å². The molecular weight excluding hydrogens is 409 g/mol. The molecule has 2 heterocycles. The molecule has 0 radical (unpaired) electrons. The van der Waals surface area contributed by atoms with Crippen molar-refractivity contribution in [1.82, 2.24) is 14.5 Å². The number of halogens is 1. The first kappa shape index (κ1) is 21.5.